The van der Waals surface area contributed by atoms with Crippen molar-refractivity contribution in [3.05, 3.63) is 34.9 Å². The summed E-state index contributed by atoms with van der Waals surface area (Å²) in [4.78, 5) is 22.8. The van der Waals surface area contributed by atoms with Crippen molar-refractivity contribution in [1.82, 2.24) is 5.32 Å². The van der Waals surface area contributed by atoms with Crippen LogP contribution in [0.3, 0.4) is 0 Å². The number of carboxylic acid groups (broad SMARTS) is 1. The molecule has 0 aromatic heterocycles. The van der Waals surface area contributed by atoms with E-state index in [1.54, 1.807) is 13.8 Å². The molecule has 1 rings (SSSR count). The first-order valence-electron chi connectivity index (χ1n) is 6.28. The second-order valence-electron chi connectivity index (χ2n) is 5.57. The number of hydrogen-bond donors (Lipinski definition) is 2. The Morgan fingerprint density at radius 2 is 1.89 bits per heavy atom. The SMILES string of the molecule is Cc1ccc(C)c(CC(=O)NCC(C)(C)C(=O)O)c1. The summed E-state index contributed by atoms with van der Waals surface area (Å²) in [5, 5.41) is 11.7. The van der Waals surface area contributed by atoms with E-state index >= 15 is 0 Å². The largest absolute Gasteiger partial charge is 0.481 e. The number of rotatable bonds is 5. The van der Waals surface area contributed by atoms with Crippen LogP contribution in [0.2, 0.25) is 0 Å². The summed E-state index contributed by atoms with van der Waals surface area (Å²) in [6.07, 6.45) is 0.281. The van der Waals surface area contributed by atoms with Gasteiger partial charge in [-0.05, 0) is 38.8 Å². The molecule has 0 fully saturated rings. The van der Waals surface area contributed by atoms with Crippen LogP contribution in [-0.2, 0) is 16.0 Å². The van der Waals surface area contributed by atoms with Crippen LogP contribution in [0.5, 0.6) is 0 Å². The van der Waals surface area contributed by atoms with Crippen molar-refractivity contribution < 1.29 is 14.7 Å². The monoisotopic (exact) mass is 263 g/mol. The van der Waals surface area contributed by atoms with Crippen LogP contribution in [-0.4, -0.2) is 23.5 Å². The minimum Gasteiger partial charge on any atom is -0.481 e. The normalized spacial score (nSPS) is 11.2. The van der Waals surface area contributed by atoms with Crippen molar-refractivity contribution in [3.63, 3.8) is 0 Å². The highest BCUT2D eigenvalue weighted by atomic mass is 16.4. The van der Waals surface area contributed by atoms with Crippen molar-refractivity contribution in [2.24, 2.45) is 5.41 Å². The number of carbonyl (C=O) groups is 2. The number of benzene rings is 1. The lowest BCUT2D eigenvalue weighted by atomic mass is 9.93. The standard InChI is InChI=1S/C15H21NO3/c1-10-5-6-11(2)12(7-10)8-13(17)16-9-15(3,4)14(18)19/h5-7H,8-9H2,1-4H3,(H,16,17)(H,18,19). The maximum absolute atomic E-state index is 11.8. The molecule has 1 amide bonds. The van der Waals surface area contributed by atoms with E-state index < -0.39 is 11.4 Å². The van der Waals surface area contributed by atoms with Gasteiger partial charge >= 0.3 is 5.97 Å². The van der Waals surface area contributed by atoms with Crippen LogP contribution in [0.1, 0.15) is 30.5 Å². The maximum Gasteiger partial charge on any atom is 0.310 e. The van der Waals surface area contributed by atoms with Gasteiger partial charge in [-0.25, -0.2) is 0 Å². The minimum absolute atomic E-state index is 0.131. The summed E-state index contributed by atoms with van der Waals surface area (Å²) >= 11 is 0. The zero-order valence-corrected chi connectivity index (χ0v) is 11.9. The van der Waals surface area contributed by atoms with Crippen molar-refractivity contribution in [1.29, 1.82) is 0 Å². The van der Waals surface area contributed by atoms with Crippen LogP contribution in [0, 0.1) is 19.3 Å². The highest BCUT2D eigenvalue weighted by Gasteiger charge is 2.27. The van der Waals surface area contributed by atoms with Crippen LogP contribution >= 0.6 is 0 Å². The molecule has 0 bridgehead atoms. The summed E-state index contributed by atoms with van der Waals surface area (Å²) in [6.45, 7) is 7.25. The lowest BCUT2D eigenvalue weighted by molar-refractivity contribution is -0.146. The predicted molar refractivity (Wildman–Crippen MR) is 74.0 cm³/mol. The van der Waals surface area contributed by atoms with Gasteiger partial charge in [-0.3, -0.25) is 9.59 Å². The van der Waals surface area contributed by atoms with Crippen molar-refractivity contribution in [2.45, 2.75) is 34.1 Å². The Labute approximate surface area is 113 Å². The predicted octanol–water partition coefficient (Wildman–Crippen LogP) is 2.07. The molecular weight excluding hydrogens is 242 g/mol. The van der Waals surface area contributed by atoms with E-state index in [0.717, 1.165) is 16.7 Å². The van der Waals surface area contributed by atoms with E-state index in [0.29, 0.717) is 0 Å². The third kappa shape index (κ3) is 4.39. The highest BCUT2D eigenvalue weighted by molar-refractivity contribution is 5.80. The third-order valence-corrected chi connectivity index (χ3v) is 3.16. The van der Waals surface area contributed by atoms with Crippen LogP contribution in [0.15, 0.2) is 18.2 Å². The molecule has 1 aromatic carbocycles. The van der Waals surface area contributed by atoms with E-state index in [9.17, 15) is 9.59 Å². The summed E-state index contributed by atoms with van der Waals surface area (Å²) in [5.41, 5.74) is 2.21. The molecule has 0 heterocycles. The summed E-state index contributed by atoms with van der Waals surface area (Å²) in [5.74, 6) is -1.07. The minimum atomic E-state index is -0.947. The molecule has 0 aliphatic rings. The molecule has 0 saturated carbocycles. The molecule has 1 aromatic rings. The molecule has 4 nitrogen and oxygen atoms in total. The molecule has 2 N–H and O–H groups in total. The number of carbonyl (C=O) groups excluding carboxylic acids is 1. The Balaban J connectivity index is 2.61. The number of carboxylic acids is 1. The Kier molecular flexibility index (Phi) is 4.70. The number of aryl methyl sites for hydroxylation is 2. The fourth-order valence-electron chi connectivity index (χ4n) is 1.62. The Bertz CT molecular complexity index is 492. The topological polar surface area (TPSA) is 66.4 Å². The van der Waals surface area contributed by atoms with E-state index in [1.165, 1.54) is 0 Å². The molecule has 19 heavy (non-hydrogen) atoms. The molecule has 0 radical (unpaired) electrons. The zero-order valence-electron chi connectivity index (χ0n) is 11.9. The zero-order chi connectivity index (χ0) is 14.6. The summed E-state index contributed by atoms with van der Waals surface area (Å²) in [6, 6.07) is 5.97. The second-order valence-corrected chi connectivity index (χ2v) is 5.57. The van der Waals surface area contributed by atoms with Gasteiger partial charge < -0.3 is 10.4 Å². The van der Waals surface area contributed by atoms with Crippen LogP contribution in [0.25, 0.3) is 0 Å². The van der Waals surface area contributed by atoms with Crippen LogP contribution < -0.4 is 5.32 Å². The number of aliphatic carboxylic acids is 1. The van der Waals surface area contributed by atoms with Gasteiger partial charge in [0.15, 0.2) is 0 Å². The molecule has 4 heteroatoms. The van der Waals surface area contributed by atoms with Crippen LogP contribution in [0.4, 0.5) is 0 Å². The Morgan fingerprint density at radius 1 is 1.26 bits per heavy atom. The van der Waals surface area contributed by atoms with Gasteiger partial charge in [0.05, 0.1) is 11.8 Å². The van der Waals surface area contributed by atoms with E-state index in [-0.39, 0.29) is 18.9 Å². The quantitative estimate of drug-likeness (QED) is 0.854. The van der Waals surface area contributed by atoms with Gasteiger partial charge in [-0.15, -0.1) is 0 Å². The first-order chi connectivity index (χ1) is 8.72. The lowest BCUT2D eigenvalue weighted by Crippen LogP contribution is -2.39. The first kappa shape index (κ1) is 15.2. The molecule has 0 spiro atoms. The van der Waals surface area contributed by atoms with Gasteiger partial charge in [-0.1, -0.05) is 23.8 Å². The lowest BCUT2D eigenvalue weighted by Gasteiger charge is -2.19. The van der Waals surface area contributed by atoms with Crippen molar-refractivity contribution >= 4 is 11.9 Å². The van der Waals surface area contributed by atoms with Gasteiger partial charge in [0.1, 0.15) is 0 Å². The van der Waals surface area contributed by atoms with Gasteiger partial charge in [0.2, 0.25) is 5.91 Å². The summed E-state index contributed by atoms with van der Waals surface area (Å²) < 4.78 is 0. The average molecular weight is 263 g/mol. The molecule has 104 valence electrons. The second kappa shape index (κ2) is 5.87. The smallest absolute Gasteiger partial charge is 0.310 e. The van der Waals surface area contributed by atoms with E-state index in [2.05, 4.69) is 5.32 Å². The molecule has 0 saturated heterocycles. The Hall–Kier alpha value is -1.84. The number of hydrogen-bond acceptors (Lipinski definition) is 2. The average Bonchev–Trinajstić information content (AvgIpc) is 2.31. The fraction of sp³-hybridized carbons (Fsp3) is 0.467. The highest BCUT2D eigenvalue weighted by Crippen LogP contribution is 2.14. The first-order valence-corrected chi connectivity index (χ1v) is 6.28. The number of amides is 1. The molecule has 0 aliphatic heterocycles. The van der Waals surface area contributed by atoms with Gasteiger partial charge in [0, 0.05) is 6.54 Å². The van der Waals surface area contributed by atoms with Crippen molar-refractivity contribution in [3.8, 4) is 0 Å². The molecule has 0 unspecified atom stereocenters. The van der Waals surface area contributed by atoms with Crippen molar-refractivity contribution in [2.75, 3.05) is 6.54 Å². The van der Waals surface area contributed by atoms with E-state index in [1.807, 2.05) is 32.0 Å². The molecular formula is C15H21NO3. The van der Waals surface area contributed by atoms with Gasteiger partial charge in [-0.2, -0.15) is 0 Å². The number of nitrogens with one attached hydrogen (secondary N) is 1. The van der Waals surface area contributed by atoms with E-state index in [4.69, 9.17) is 5.11 Å². The third-order valence-electron chi connectivity index (χ3n) is 3.16. The summed E-state index contributed by atoms with van der Waals surface area (Å²) in [7, 11) is 0. The maximum atomic E-state index is 11.8. The molecule has 0 aliphatic carbocycles. The molecule has 0 atom stereocenters. The van der Waals surface area contributed by atoms with Gasteiger partial charge in [0.25, 0.3) is 0 Å². The Morgan fingerprint density at radius 3 is 2.47 bits per heavy atom. The fourth-order valence-corrected chi connectivity index (χ4v) is 1.62.